The van der Waals surface area contributed by atoms with Crippen molar-refractivity contribution in [2.45, 2.75) is 27.2 Å². The Morgan fingerprint density at radius 3 is 2.75 bits per heavy atom. The normalized spacial score (nSPS) is 22.9. The van der Waals surface area contributed by atoms with Crippen molar-refractivity contribution >= 4 is 5.71 Å². The Morgan fingerprint density at radius 1 is 1.50 bits per heavy atom. The van der Waals surface area contributed by atoms with Crippen LogP contribution in [0, 0.1) is 24.2 Å². The van der Waals surface area contributed by atoms with E-state index in [2.05, 4.69) is 13.8 Å². The van der Waals surface area contributed by atoms with Crippen molar-refractivity contribution < 1.29 is 4.74 Å². The average Bonchev–Trinajstić information content (AvgIpc) is 2.93. The number of nitrogens with one attached hydrogen (secondary N) is 1. The molecule has 0 bridgehead atoms. The van der Waals surface area contributed by atoms with Crippen LogP contribution in [0.4, 0.5) is 0 Å². The first-order valence-corrected chi connectivity index (χ1v) is 5.87. The zero-order valence-corrected chi connectivity index (χ0v) is 10.2. The lowest BCUT2D eigenvalue weighted by Gasteiger charge is -2.10. The van der Waals surface area contributed by atoms with E-state index in [1.807, 2.05) is 18.2 Å². The predicted octanol–water partition coefficient (Wildman–Crippen LogP) is 3.42. The van der Waals surface area contributed by atoms with Crippen molar-refractivity contribution in [2.75, 3.05) is 6.61 Å². The molecule has 0 amide bonds. The fourth-order valence-electron chi connectivity index (χ4n) is 1.82. The number of hydrogen-bond donors (Lipinski definition) is 1. The summed E-state index contributed by atoms with van der Waals surface area (Å²) >= 11 is 0. The minimum Gasteiger partial charge on any atom is -0.493 e. The van der Waals surface area contributed by atoms with E-state index >= 15 is 0 Å². The van der Waals surface area contributed by atoms with Crippen LogP contribution in [0.1, 0.15) is 31.4 Å². The molecule has 0 heterocycles. The number of rotatable bonds is 4. The lowest BCUT2D eigenvalue weighted by atomic mass is 10.1. The van der Waals surface area contributed by atoms with E-state index < -0.39 is 0 Å². The first-order valence-electron chi connectivity index (χ1n) is 5.87. The third kappa shape index (κ3) is 2.43. The van der Waals surface area contributed by atoms with Gasteiger partial charge in [0.1, 0.15) is 5.75 Å². The van der Waals surface area contributed by atoms with Gasteiger partial charge in [-0.2, -0.15) is 0 Å². The molecule has 1 saturated carbocycles. The number of hydrogen-bond acceptors (Lipinski definition) is 2. The standard InChI is InChI=1S/C14H19NO/c1-9-4-5-12(11(3)15)7-14(9)16-8-13-6-10(13)2/h4-5,7,10,13,15H,6,8H2,1-3H3/t10-,13?/m0/s1. The molecule has 1 aliphatic carbocycles. The van der Waals surface area contributed by atoms with Crippen LogP contribution in [0.5, 0.6) is 5.75 Å². The third-order valence-electron chi connectivity index (χ3n) is 3.35. The number of aryl methyl sites for hydroxylation is 1. The van der Waals surface area contributed by atoms with Gasteiger partial charge in [-0.3, -0.25) is 0 Å². The van der Waals surface area contributed by atoms with Gasteiger partial charge in [0.25, 0.3) is 0 Å². The summed E-state index contributed by atoms with van der Waals surface area (Å²) in [6, 6.07) is 5.98. The molecule has 2 rings (SSSR count). The second-order valence-corrected chi connectivity index (χ2v) is 4.89. The van der Waals surface area contributed by atoms with Gasteiger partial charge in [0.05, 0.1) is 6.61 Å². The summed E-state index contributed by atoms with van der Waals surface area (Å²) in [5.41, 5.74) is 2.69. The Balaban J connectivity index is 2.06. The van der Waals surface area contributed by atoms with E-state index in [1.165, 1.54) is 6.42 Å². The predicted molar refractivity (Wildman–Crippen MR) is 66.4 cm³/mol. The average molecular weight is 217 g/mol. The zero-order valence-electron chi connectivity index (χ0n) is 10.2. The molecule has 1 aromatic rings. The minimum atomic E-state index is 0.588. The van der Waals surface area contributed by atoms with Crippen LogP contribution in [-0.2, 0) is 0 Å². The summed E-state index contributed by atoms with van der Waals surface area (Å²) in [4.78, 5) is 0. The summed E-state index contributed by atoms with van der Waals surface area (Å²) in [5.74, 6) is 2.50. The van der Waals surface area contributed by atoms with Gasteiger partial charge >= 0.3 is 0 Å². The molecule has 2 nitrogen and oxygen atoms in total. The first kappa shape index (κ1) is 11.2. The van der Waals surface area contributed by atoms with Crippen molar-refractivity contribution in [2.24, 2.45) is 11.8 Å². The first-order chi connectivity index (χ1) is 7.58. The Hall–Kier alpha value is -1.31. The van der Waals surface area contributed by atoms with E-state index in [4.69, 9.17) is 10.1 Å². The fraction of sp³-hybridized carbons (Fsp3) is 0.500. The zero-order chi connectivity index (χ0) is 11.7. The van der Waals surface area contributed by atoms with Crippen molar-refractivity contribution in [1.82, 2.24) is 0 Å². The van der Waals surface area contributed by atoms with Crippen LogP contribution in [0.15, 0.2) is 18.2 Å². The topological polar surface area (TPSA) is 33.1 Å². The van der Waals surface area contributed by atoms with Crippen molar-refractivity contribution in [1.29, 1.82) is 5.41 Å². The molecule has 1 N–H and O–H groups in total. The molecule has 2 atom stereocenters. The molecule has 1 fully saturated rings. The largest absolute Gasteiger partial charge is 0.493 e. The molecule has 16 heavy (non-hydrogen) atoms. The van der Waals surface area contributed by atoms with Gasteiger partial charge in [-0.05, 0) is 49.3 Å². The van der Waals surface area contributed by atoms with Gasteiger partial charge in [0.2, 0.25) is 0 Å². The summed E-state index contributed by atoms with van der Waals surface area (Å²) in [7, 11) is 0. The highest BCUT2D eigenvalue weighted by atomic mass is 16.5. The second kappa shape index (κ2) is 4.28. The molecule has 0 spiro atoms. The van der Waals surface area contributed by atoms with Crippen molar-refractivity contribution in [3.8, 4) is 5.75 Å². The smallest absolute Gasteiger partial charge is 0.122 e. The monoisotopic (exact) mass is 217 g/mol. The van der Waals surface area contributed by atoms with E-state index in [9.17, 15) is 0 Å². The van der Waals surface area contributed by atoms with E-state index in [0.29, 0.717) is 5.71 Å². The number of benzene rings is 1. The van der Waals surface area contributed by atoms with Gasteiger partial charge in [0, 0.05) is 5.71 Å². The van der Waals surface area contributed by atoms with Crippen LogP contribution in [0.3, 0.4) is 0 Å². The number of ether oxygens (including phenoxy) is 1. The van der Waals surface area contributed by atoms with Crippen LogP contribution in [0.2, 0.25) is 0 Å². The Kier molecular flexibility index (Phi) is 2.99. The highest BCUT2D eigenvalue weighted by molar-refractivity contribution is 5.96. The molecule has 86 valence electrons. The van der Waals surface area contributed by atoms with Gasteiger partial charge in [-0.15, -0.1) is 0 Å². The fourth-order valence-corrected chi connectivity index (χ4v) is 1.82. The van der Waals surface area contributed by atoms with Crippen LogP contribution in [0.25, 0.3) is 0 Å². The quantitative estimate of drug-likeness (QED) is 0.770. The van der Waals surface area contributed by atoms with Gasteiger partial charge in [-0.1, -0.05) is 19.1 Å². The molecular formula is C14H19NO. The molecule has 0 aliphatic heterocycles. The molecule has 0 saturated heterocycles. The molecule has 1 aliphatic rings. The lowest BCUT2D eigenvalue weighted by molar-refractivity contribution is 0.291. The Labute approximate surface area is 97.1 Å². The summed E-state index contributed by atoms with van der Waals surface area (Å²) in [6.07, 6.45) is 1.29. The lowest BCUT2D eigenvalue weighted by Crippen LogP contribution is -2.03. The van der Waals surface area contributed by atoms with Gasteiger partial charge < -0.3 is 10.1 Å². The minimum absolute atomic E-state index is 0.588. The summed E-state index contributed by atoms with van der Waals surface area (Å²) < 4.78 is 5.83. The second-order valence-electron chi connectivity index (χ2n) is 4.89. The maximum atomic E-state index is 7.61. The molecular weight excluding hydrogens is 198 g/mol. The highest BCUT2D eigenvalue weighted by Crippen LogP contribution is 2.38. The SMILES string of the molecule is CC(=N)c1ccc(C)c(OCC2C[C@@H]2C)c1. The molecule has 0 radical (unpaired) electrons. The maximum Gasteiger partial charge on any atom is 0.122 e. The van der Waals surface area contributed by atoms with Crippen LogP contribution >= 0.6 is 0 Å². The Bertz CT molecular complexity index is 411. The van der Waals surface area contributed by atoms with Crippen molar-refractivity contribution in [3.63, 3.8) is 0 Å². The third-order valence-corrected chi connectivity index (χ3v) is 3.35. The summed E-state index contributed by atoms with van der Waals surface area (Å²) in [6.45, 7) is 6.94. The van der Waals surface area contributed by atoms with E-state index in [1.54, 1.807) is 6.92 Å². The molecule has 1 aromatic carbocycles. The molecule has 0 aromatic heterocycles. The van der Waals surface area contributed by atoms with Crippen molar-refractivity contribution in [3.05, 3.63) is 29.3 Å². The van der Waals surface area contributed by atoms with E-state index in [0.717, 1.165) is 35.3 Å². The highest BCUT2D eigenvalue weighted by Gasteiger charge is 2.33. The molecule has 2 heteroatoms. The van der Waals surface area contributed by atoms with E-state index in [-0.39, 0.29) is 0 Å². The maximum absolute atomic E-state index is 7.61. The van der Waals surface area contributed by atoms with Gasteiger partial charge in [-0.25, -0.2) is 0 Å². The Morgan fingerprint density at radius 2 is 2.19 bits per heavy atom. The van der Waals surface area contributed by atoms with Gasteiger partial charge in [0.15, 0.2) is 0 Å². The van der Waals surface area contributed by atoms with Crippen LogP contribution < -0.4 is 4.74 Å². The molecule has 1 unspecified atom stereocenters. The van der Waals surface area contributed by atoms with Crippen LogP contribution in [-0.4, -0.2) is 12.3 Å². The summed E-state index contributed by atoms with van der Waals surface area (Å²) in [5, 5.41) is 7.61.